The summed E-state index contributed by atoms with van der Waals surface area (Å²) in [5.74, 6) is 0.104. The molecule has 0 aliphatic carbocycles. The number of piperazine rings is 1. The minimum Gasteiger partial charge on any atom is -0.336 e. The van der Waals surface area contributed by atoms with E-state index in [0.29, 0.717) is 5.02 Å². The molecule has 0 unspecified atom stereocenters. The molecular weight excluding hydrogens is 351 g/mol. The van der Waals surface area contributed by atoms with Gasteiger partial charge in [-0.25, -0.2) is 0 Å². The molecule has 2 rings (SSSR count). The Morgan fingerprint density at radius 3 is 2.53 bits per heavy atom. The summed E-state index contributed by atoms with van der Waals surface area (Å²) in [6.45, 7) is 3.48. The molecule has 1 aromatic rings. The highest BCUT2D eigenvalue weighted by atomic mass is 127. The second kappa shape index (κ2) is 5.54. The van der Waals surface area contributed by atoms with Crippen LogP contribution in [0.25, 0.3) is 0 Å². The average molecular weight is 365 g/mol. The van der Waals surface area contributed by atoms with Crippen molar-refractivity contribution in [2.45, 2.75) is 0 Å². The third-order valence-electron chi connectivity index (χ3n) is 2.96. The van der Waals surface area contributed by atoms with Gasteiger partial charge in [-0.2, -0.15) is 0 Å². The zero-order valence-corrected chi connectivity index (χ0v) is 12.5. The lowest BCUT2D eigenvalue weighted by Gasteiger charge is -2.32. The predicted molar refractivity (Wildman–Crippen MR) is 77.6 cm³/mol. The van der Waals surface area contributed by atoms with E-state index in [1.54, 1.807) is 12.1 Å². The first-order valence-corrected chi connectivity index (χ1v) is 6.96. The zero-order valence-electron chi connectivity index (χ0n) is 9.62. The van der Waals surface area contributed by atoms with Crippen molar-refractivity contribution in [1.29, 1.82) is 0 Å². The Morgan fingerprint density at radius 1 is 1.29 bits per heavy atom. The van der Waals surface area contributed by atoms with Crippen LogP contribution in [0.1, 0.15) is 10.4 Å². The Bertz CT molecular complexity index is 431. The zero-order chi connectivity index (χ0) is 12.4. The fraction of sp³-hybridized carbons (Fsp3) is 0.417. The van der Waals surface area contributed by atoms with Gasteiger partial charge in [-0.1, -0.05) is 11.6 Å². The molecule has 0 radical (unpaired) electrons. The number of nitrogens with zero attached hydrogens (tertiary/aromatic N) is 2. The van der Waals surface area contributed by atoms with Crippen LogP contribution in [-0.2, 0) is 0 Å². The van der Waals surface area contributed by atoms with E-state index in [0.717, 1.165) is 35.3 Å². The van der Waals surface area contributed by atoms with Crippen molar-refractivity contribution in [3.63, 3.8) is 0 Å². The van der Waals surface area contributed by atoms with E-state index in [1.165, 1.54) is 0 Å². The molecule has 5 heteroatoms. The largest absolute Gasteiger partial charge is 0.336 e. The maximum atomic E-state index is 12.2. The van der Waals surface area contributed by atoms with Gasteiger partial charge in [0.05, 0.1) is 5.02 Å². The highest BCUT2D eigenvalue weighted by molar-refractivity contribution is 14.1. The molecule has 1 aliphatic heterocycles. The fourth-order valence-corrected chi connectivity index (χ4v) is 2.45. The number of rotatable bonds is 1. The predicted octanol–water partition coefficient (Wildman–Crippen LogP) is 2.33. The van der Waals surface area contributed by atoms with Crippen LogP contribution < -0.4 is 0 Å². The Labute approximate surface area is 120 Å². The smallest absolute Gasteiger partial charge is 0.253 e. The number of likely N-dealkylation sites (N-methyl/N-ethyl adjacent to an activating group) is 1. The third-order valence-corrected chi connectivity index (χ3v) is 4.50. The fourth-order valence-electron chi connectivity index (χ4n) is 1.82. The van der Waals surface area contributed by atoms with Crippen molar-refractivity contribution in [3.05, 3.63) is 32.4 Å². The second-order valence-corrected chi connectivity index (χ2v) is 5.79. The van der Waals surface area contributed by atoms with Crippen LogP contribution in [0.3, 0.4) is 0 Å². The summed E-state index contributed by atoms with van der Waals surface area (Å²) in [5.41, 5.74) is 0.725. The van der Waals surface area contributed by atoms with Crippen LogP contribution in [-0.4, -0.2) is 48.9 Å². The average Bonchev–Trinajstić information content (AvgIpc) is 2.33. The van der Waals surface area contributed by atoms with Gasteiger partial charge in [-0.15, -0.1) is 0 Å². The van der Waals surface area contributed by atoms with E-state index in [-0.39, 0.29) is 5.91 Å². The number of amides is 1. The first-order chi connectivity index (χ1) is 8.08. The molecular formula is C12H14ClIN2O. The molecule has 1 fully saturated rings. The van der Waals surface area contributed by atoms with E-state index >= 15 is 0 Å². The van der Waals surface area contributed by atoms with Crippen LogP contribution in [0.4, 0.5) is 0 Å². The Balaban J connectivity index is 2.11. The van der Waals surface area contributed by atoms with Gasteiger partial charge in [0.2, 0.25) is 0 Å². The van der Waals surface area contributed by atoms with E-state index in [9.17, 15) is 4.79 Å². The molecule has 1 aliphatic rings. The third kappa shape index (κ3) is 3.11. The standard InChI is InChI=1S/C12H14ClIN2O/c1-15-4-6-16(7-5-15)12(17)9-2-3-10(13)11(14)8-9/h2-3,8H,4-7H2,1H3. The molecule has 0 spiro atoms. The highest BCUT2D eigenvalue weighted by Crippen LogP contribution is 2.20. The lowest BCUT2D eigenvalue weighted by molar-refractivity contribution is 0.0664. The topological polar surface area (TPSA) is 23.6 Å². The van der Waals surface area contributed by atoms with Gasteiger partial charge < -0.3 is 9.80 Å². The summed E-state index contributed by atoms with van der Waals surface area (Å²) in [5, 5.41) is 0.695. The molecule has 0 saturated carbocycles. The summed E-state index contributed by atoms with van der Waals surface area (Å²) in [4.78, 5) is 16.4. The normalized spacial score (nSPS) is 17.2. The molecule has 0 atom stereocenters. The minimum absolute atomic E-state index is 0.104. The lowest BCUT2D eigenvalue weighted by atomic mass is 10.2. The van der Waals surface area contributed by atoms with E-state index in [4.69, 9.17) is 11.6 Å². The summed E-state index contributed by atoms with van der Waals surface area (Å²) in [6, 6.07) is 5.43. The molecule has 3 nitrogen and oxygen atoms in total. The van der Waals surface area contributed by atoms with Crippen LogP contribution in [0.2, 0.25) is 5.02 Å². The monoisotopic (exact) mass is 364 g/mol. The molecule has 0 N–H and O–H groups in total. The summed E-state index contributed by atoms with van der Waals surface area (Å²) in [7, 11) is 2.08. The Kier molecular flexibility index (Phi) is 4.27. The molecule has 1 heterocycles. The quantitative estimate of drug-likeness (QED) is 0.714. The summed E-state index contributed by atoms with van der Waals surface area (Å²) < 4.78 is 0.921. The number of hydrogen-bond acceptors (Lipinski definition) is 2. The number of halogens is 2. The van der Waals surface area contributed by atoms with E-state index < -0.39 is 0 Å². The number of benzene rings is 1. The van der Waals surface area contributed by atoms with Crippen molar-refractivity contribution < 1.29 is 4.79 Å². The van der Waals surface area contributed by atoms with Crippen LogP contribution in [0.15, 0.2) is 18.2 Å². The number of carbonyl (C=O) groups excluding carboxylic acids is 1. The molecule has 0 aromatic heterocycles. The first kappa shape index (κ1) is 13.1. The van der Waals surface area contributed by atoms with Crippen LogP contribution >= 0.6 is 34.2 Å². The number of hydrogen-bond donors (Lipinski definition) is 0. The van der Waals surface area contributed by atoms with Crippen molar-refractivity contribution in [2.75, 3.05) is 33.2 Å². The lowest BCUT2D eigenvalue weighted by Crippen LogP contribution is -2.47. The Hall–Kier alpha value is -0.330. The number of carbonyl (C=O) groups is 1. The van der Waals surface area contributed by atoms with Gasteiger partial charge in [0.15, 0.2) is 0 Å². The van der Waals surface area contributed by atoms with Gasteiger partial charge >= 0.3 is 0 Å². The summed E-state index contributed by atoms with van der Waals surface area (Å²) >= 11 is 8.10. The second-order valence-electron chi connectivity index (χ2n) is 4.22. The van der Waals surface area contributed by atoms with Crippen LogP contribution in [0.5, 0.6) is 0 Å². The van der Waals surface area contributed by atoms with Gasteiger partial charge in [0.25, 0.3) is 5.91 Å². The van der Waals surface area contributed by atoms with E-state index in [1.807, 2.05) is 11.0 Å². The van der Waals surface area contributed by atoms with E-state index in [2.05, 4.69) is 34.5 Å². The minimum atomic E-state index is 0.104. The maximum Gasteiger partial charge on any atom is 0.253 e. The molecule has 1 aromatic carbocycles. The first-order valence-electron chi connectivity index (χ1n) is 5.51. The molecule has 92 valence electrons. The summed E-state index contributed by atoms with van der Waals surface area (Å²) in [6.07, 6.45) is 0. The van der Waals surface area contributed by atoms with Crippen molar-refractivity contribution in [2.24, 2.45) is 0 Å². The van der Waals surface area contributed by atoms with Gasteiger partial charge in [0, 0.05) is 35.3 Å². The molecule has 1 amide bonds. The molecule has 0 bridgehead atoms. The van der Waals surface area contributed by atoms with Gasteiger partial charge in [-0.3, -0.25) is 4.79 Å². The highest BCUT2D eigenvalue weighted by Gasteiger charge is 2.20. The van der Waals surface area contributed by atoms with Crippen LogP contribution in [0, 0.1) is 3.57 Å². The van der Waals surface area contributed by atoms with Crippen molar-refractivity contribution in [1.82, 2.24) is 9.80 Å². The van der Waals surface area contributed by atoms with Gasteiger partial charge in [-0.05, 0) is 47.8 Å². The molecule has 17 heavy (non-hydrogen) atoms. The maximum absolute atomic E-state index is 12.2. The van der Waals surface area contributed by atoms with Crippen molar-refractivity contribution >= 4 is 40.1 Å². The van der Waals surface area contributed by atoms with Crippen molar-refractivity contribution in [3.8, 4) is 0 Å². The SMILES string of the molecule is CN1CCN(C(=O)c2ccc(Cl)c(I)c2)CC1. The van der Waals surface area contributed by atoms with Gasteiger partial charge in [0.1, 0.15) is 0 Å². The Morgan fingerprint density at radius 2 is 1.94 bits per heavy atom. The molecule has 1 saturated heterocycles.